The fourth-order valence-corrected chi connectivity index (χ4v) is 4.13. The predicted molar refractivity (Wildman–Crippen MR) is 116 cm³/mol. The summed E-state index contributed by atoms with van der Waals surface area (Å²) >= 11 is 0. The molecule has 0 radical (unpaired) electrons. The second kappa shape index (κ2) is 8.45. The van der Waals surface area contributed by atoms with E-state index in [0.29, 0.717) is 16.9 Å². The highest BCUT2D eigenvalue weighted by Crippen LogP contribution is 2.28. The van der Waals surface area contributed by atoms with Crippen molar-refractivity contribution in [3.8, 4) is 0 Å². The summed E-state index contributed by atoms with van der Waals surface area (Å²) in [6.07, 6.45) is 4.41. The Morgan fingerprint density at radius 3 is 2.21 bits per heavy atom. The van der Waals surface area contributed by atoms with Crippen molar-refractivity contribution in [1.29, 1.82) is 0 Å². The van der Waals surface area contributed by atoms with E-state index in [1.807, 2.05) is 32.0 Å². The number of hydrogen-bond acceptors (Lipinski definition) is 4. The standard InChI is InChI=1S/C22H23N3O3S/c1-16-6-4-7-17(2)21(16)25(29(3,27)28)15-18-9-11-19(12-10-18)22(26)24-20-8-5-13-23-14-20/h4-14H,15H2,1-3H3,(H,24,26). The van der Waals surface area contributed by atoms with Crippen LogP contribution in [0, 0.1) is 13.8 Å². The number of carbonyl (C=O) groups excluding carboxylic acids is 1. The van der Waals surface area contributed by atoms with Crippen LogP contribution in [0.1, 0.15) is 27.0 Å². The summed E-state index contributed by atoms with van der Waals surface area (Å²) in [5, 5.41) is 2.78. The molecule has 29 heavy (non-hydrogen) atoms. The Morgan fingerprint density at radius 2 is 1.66 bits per heavy atom. The molecule has 1 amide bonds. The van der Waals surface area contributed by atoms with Crippen LogP contribution in [0.5, 0.6) is 0 Å². The minimum absolute atomic E-state index is 0.190. The minimum atomic E-state index is -3.48. The third-order valence-corrected chi connectivity index (χ3v) is 5.66. The Balaban J connectivity index is 1.82. The van der Waals surface area contributed by atoms with Gasteiger partial charge >= 0.3 is 0 Å². The molecule has 0 bridgehead atoms. The van der Waals surface area contributed by atoms with E-state index < -0.39 is 10.0 Å². The molecule has 0 atom stereocenters. The molecule has 7 heteroatoms. The van der Waals surface area contributed by atoms with Gasteiger partial charge in [0.25, 0.3) is 5.91 Å². The van der Waals surface area contributed by atoms with E-state index in [0.717, 1.165) is 16.7 Å². The lowest BCUT2D eigenvalue weighted by molar-refractivity contribution is 0.102. The van der Waals surface area contributed by atoms with Crippen LogP contribution in [0.4, 0.5) is 11.4 Å². The number of nitrogens with zero attached hydrogens (tertiary/aromatic N) is 2. The number of sulfonamides is 1. The van der Waals surface area contributed by atoms with E-state index in [1.54, 1.807) is 48.8 Å². The lowest BCUT2D eigenvalue weighted by Gasteiger charge is -2.26. The van der Waals surface area contributed by atoms with E-state index in [-0.39, 0.29) is 12.5 Å². The highest BCUT2D eigenvalue weighted by atomic mass is 32.2. The SMILES string of the molecule is Cc1cccc(C)c1N(Cc1ccc(C(=O)Nc2cccnc2)cc1)S(C)(=O)=O. The van der Waals surface area contributed by atoms with Gasteiger partial charge in [-0.2, -0.15) is 0 Å². The van der Waals surface area contributed by atoms with Crippen LogP contribution < -0.4 is 9.62 Å². The minimum Gasteiger partial charge on any atom is -0.321 e. The Bertz CT molecular complexity index is 1090. The first-order valence-corrected chi connectivity index (χ1v) is 10.9. The quantitative estimate of drug-likeness (QED) is 0.669. The van der Waals surface area contributed by atoms with E-state index in [1.165, 1.54) is 10.6 Å². The molecule has 0 spiro atoms. The topological polar surface area (TPSA) is 79.4 Å². The number of amides is 1. The number of rotatable bonds is 6. The number of aromatic nitrogens is 1. The molecule has 0 aliphatic rings. The molecule has 6 nitrogen and oxygen atoms in total. The van der Waals surface area contributed by atoms with Crippen LogP contribution in [-0.4, -0.2) is 25.6 Å². The molecule has 0 aliphatic carbocycles. The summed E-state index contributed by atoms with van der Waals surface area (Å²) in [5.41, 5.74) is 4.35. The fourth-order valence-electron chi connectivity index (χ4n) is 3.13. The summed E-state index contributed by atoms with van der Waals surface area (Å²) in [6, 6.07) is 16.1. The van der Waals surface area contributed by atoms with E-state index in [4.69, 9.17) is 0 Å². The van der Waals surface area contributed by atoms with Gasteiger partial charge in [-0.3, -0.25) is 14.1 Å². The van der Waals surface area contributed by atoms with Gasteiger partial charge in [-0.15, -0.1) is 0 Å². The van der Waals surface area contributed by atoms with Crippen LogP contribution in [0.2, 0.25) is 0 Å². The zero-order valence-corrected chi connectivity index (χ0v) is 17.4. The van der Waals surface area contributed by atoms with Gasteiger partial charge in [0.15, 0.2) is 0 Å². The number of benzene rings is 2. The largest absolute Gasteiger partial charge is 0.321 e. The second-order valence-electron chi connectivity index (χ2n) is 6.90. The number of pyridine rings is 1. The number of anilines is 2. The first kappa shape index (κ1) is 20.5. The number of para-hydroxylation sites is 1. The number of nitrogens with one attached hydrogen (secondary N) is 1. The van der Waals surface area contributed by atoms with E-state index in [2.05, 4.69) is 10.3 Å². The number of aryl methyl sites for hydroxylation is 2. The van der Waals surface area contributed by atoms with Gasteiger partial charge in [0.1, 0.15) is 0 Å². The van der Waals surface area contributed by atoms with Crippen molar-refractivity contribution in [2.45, 2.75) is 20.4 Å². The number of carbonyl (C=O) groups is 1. The summed E-state index contributed by atoms with van der Waals surface area (Å²) < 4.78 is 26.4. The predicted octanol–water partition coefficient (Wildman–Crippen LogP) is 3.92. The van der Waals surface area contributed by atoms with E-state index in [9.17, 15) is 13.2 Å². The highest BCUT2D eigenvalue weighted by Gasteiger charge is 2.21. The van der Waals surface area contributed by atoms with Gasteiger partial charge in [-0.25, -0.2) is 8.42 Å². The zero-order chi connectivity index (χ0) is 21.0. The molecule has 1 heterocycles. The molecule has 0 aliphatic heterocycles. The van der Waals surface area contributed by atoms with Crippen molar-refractivity contribution >= 4 is 27.3 Å². The van der Waals surface area contributed by atoms with Crippen molar-refractivity contribution < 1.29 is 13.2 Å². The molecule has 0 unspecified atom stereocenters. The molecular formula is C22H23N3O3S. The molecule has 150 valence electrons. The van der Waals surface area contributed by atoms with Gasteiger partial charge in [0, 0.05) is 11.8 Å². The van der Waals surface area contributed by atoms with Gasteiger partial charge in [-0.1, -0.05) is 30.3 Å². The maximum Gasteiger partial charge on any atom is 0.255 e. The van der Waals surface area contributed by atoms with Crippen molar-refractivity contribution in [1.82, 2.24) is 4.98 Å². The third-order valence-electron chi connectivity index (χ3n) is 4.55. The van der Waals surface area contributed by atoms with Crippen LogP contribution in [-0.2, 0) is 16.6 Å². The smallest absolute Gasteiger partial charge is 0.255 e. The van der Waals surface area contributed by atoms with Gasteiger partial charge < -0.3 is 5.32 Å². The summed E-state index contributed by atoms with van der Waals surface area (Å²) in [5.74, 6) is -0.251. The lowest BCUT2D eigenvalue weighted by atomic mass is 10.1. The average molecular weight is 410 g/mol. The normalized spacial score (nSPS) is 11.1. The Morgan fingerprint density at radius 1 is 1.00 bits per heavy atom. The monoisotopic (exact) mass is 409 g/mol. The fraction of sp³-hybridized carbons (Fsp3) is 0.182. The first-order chi connectivity index (χ1) is 13.8. The van der Waals surface area contributed by atoms with Crippen LogP contribution in [0.3, 0.4) is 0 Å². The molecule has 1 N–H and O–H groups in total. The molecule has 0 saturated carbocycles. The lowest BCUT2D eigenvalue weighted by Crippen LogP contribution is -2.30. The maximum atomic E-state index is 12.5. The molecular weight excluding hydrogens is 386 g/mol. The van der Waals surface area contributed by atoms with Crippen molar-refractivity contribution in [3.63, 3.8) is 0 Å². The molecule has 1 aromatic heterocycles. The van der Waals surface area contributed by atoms with Crippen LogP contribution in [0.15, 0.2) is 67.0 Å². The van der Waals surface area contributed by atoms with Gasteiger partial charge in [0.05, 0.1) is 30.4 Å². The molecule has 2 aromatic carbocycles. The van der Waals surface area contributed by atoms with Gasteiger partial charge in [-0.05, 0) is 54.8 Å². The van der Waals surface area contributed by atoms with Crippen LogP contribution >= 0.6 is 0 Å². The molecule has 0 fully saturated rings. The highest BCUT2D eigenvalue weighted by molar-refractivity contribution is 7.92. The molecule has 0 saturated heterocycles. The third kappa shape index (κ3) is 5.00. The Hall–Kier alpha value is -3.19. The summed E-state index contributed by atoms with van der Waals surface area (Å²) in [7, 11) is -3.48. The zero-order valence-electron chi connectivity index (χ0n) is 16.6. The molecule has 3 rings (SSSR count). The van der Waals surface area contributed by atoms with Crippen molar-refractivity contribution in [2.75, 3.05) is 15.9 Å². The summed E-state index contributed by atoms with van der Waals surface area (Å²) in [4.78, 5) is 16.3. The molecule has 3 aromatic rings. The average Bonchev–Trinajstić information content (AvgIpc) is 2.67. The maximum absolute atomic E-state index is 12.5. The van der Waals surface area contributed by atoms with Crippen molar-refractivity contribution in [3.05, 3.63) is 89.2 Å². The number of hydrogen-bond donors (Lipinski definition) is 1. The van der Waals surface area contributed by atoms with E-state index >= 15 is 0 Å². The van der Waals surface area contributed by atoms with Gasteiger partial charge in [0.2, 0.25) is 10.0 Å². The second-order valence-corrected chi connectivity index (χ2v) is 8.81. The first-order valence-electron chi connectivity index (χ1n) is 9.10. The van der Waals surface area contributed by atoms with Crippen molar-refractivity contribution in [2.24, 2.45) is 0 Å². The Kier molecular flexibility index (Phi) is 5.98. The summed E-state index contributed by atoms with van der Waals surface area (Å²) in [6.45, 7) is 3.98. The Labute approximate surface area is 171 Å². The van der Waals surface area contributed by atoms with Crippen LogP contribution in [0.25, 0.3) is 0 Å².